The zero-order valence-corrected chi connectivity index (χ0v) is 24.2. The van der Waals surface area contributed by atoms with E-state index in [1.807, 2.05) is 30.3 Å². The number of rotatable bonds is 20. The number of esters is 1. The van der Waals surface area contributed by atoms with E-state index >= 15 is 0 Å². The van der Waals surface area contributed by atoms with Crippen molar-refractivity contribution in [1.29, 1.82) is 0 Å². The number of benzene rings is 2. The first-order chi connectivity index (χ1) is 20.9. The average Bonchev–Trinajstić information content (AvgIpc) is 3.02. The molecule has 0 spiro atoms. The zero-order valence-electron chi connectivity index (χ0n) is 24.2. The summed E-state index contributed by atoms with van der Waals surface area (Å²) in [7, 11) is 0. The van der Waals surface area contributed by atoms with Crippen molar-refractivity contribution in [2.45, 2.75) is 38.0 Å². The van der Waals surface area contributed by atoms with Crippen LogP contribution in [0.1, 0.15) is 36.5 Å². The largest absolute Gasteiger partial charge is 0.454 e. The normalized spacial score (nSPS) is 12.6. The van der Waals surface area contributed by atoms with Gasteiger partial charge in [-0.1, -0.05) is 72.8 Å². The van der Waals surface area contributed by atoms with Gasteiger partial charge in [0.1, 0.15) is 18.8 Å². The Kier molecular flexibility index (Phi) is 16.5. The lowest BCUT2D eigenvalue weighted by molar-refractivity contribution is -0.152. The van der Waals surface area contributed by atoms with E-state index in [9.17, 15) is 19.2 Å². The Morgan fingerprint density at radius 2 is 1.56 bits per heavy atom. The molecule has 4 N–H and O–H groups in total. The summed E-state index contributed by atoms with van der Waals surface area (Å²) in [5.41, 5.74) is 1.42. The van der Waals surface area contributed by atoms with Crippen molar-refractivity contribution in [2.75, 3.05) is 32.9 Å². The molecule has 3 atom stereocenters. The SMILES string of the molecule is C=CC[C@@H](CC(=O)NCCOCCO)C(=O)NC[C@@H](OC(=O)[C@@H](CC=C)NC(=O)OCc1ccccc1)c1ccccc1. The van der Waals surface area contributed by atoms with Gasteiger partial charge in [-0.3, -0.25) is 9.59 Å². The molecule has 11 heteroatoms. The topological polar surface area (TPSA) is 152 Å². The highest BCUT2D eigenvalue weighted by Gasteiger charge is 2.27. The first-order valence-corrected chi connectivity index (χ1v) is 14.0. The fraction of sp³-hybridized carbons (Fsp3) is 0.375. The van der Waals surface area contributed by atoms with Crippen molar-refractivity contribution in [3.8, 4) is 0 Å². The minimum atomic E-state index is -1.07. The molecule has 0 aliphatic heterocycles. The van der Waals surface area contributed by atoms with E-state index in [1.165, 1.54) is 6.08 Å². The Morgan fingerprint density at radius 1 is 0.884 bits per heavy atom. The number of allylic oxidation sites excluding steroid dienone is 1. The Labute approximate surface area is 252 Å². The van der Waals surface area contributed by atoms with Crippen molar-refractivity contribution in [3.63, 3.8) is 0 Å². The summed E-state index contributed by atoms with van der Waals surface area (Å²) in [4.78, 5) is 51.0. The number of ether oxygens (including phenoxy) is 3. The van der Waals surface area contributed by atoms with Crippen LogP contribution in [0.5, 0.6) is 0 Å². The van der Waals surface area contributed by atoms with Crippen LogP contribution in [0.2, 0.25) is 0 Å². The van der Waals surface area contributed by atoms with E-state index in [-0.39, 0.29) is 64.7 Å². The summed E-state index contributed by atoms with van der Waals surface area (Å²) in [5, 5.41) is 16.7. The lowest BCUT2D eigenvalue weighted by atomic mass is 9.99. The maximum Gasteiger partial charge on any atom is 0.408 e. The predicted octanol–water partition coefficient (Wildman–Crippen LogP) is 2.97. The highest BCUT2D eigenvalue weighted by Crippen LogP contribution is 2.19. The van der Waals surface area contributed by atoms with Gasteiger partial charge in [-0.15, -0.1) is 13.2 Å². The second-order valence-corrected chi connectivity index (χ2v) is 9.48. The summed E-state index contributed by atoms with van der Waals surface area (Å²) in [6.45, 7) is 7.84. The Morgan fingerprint density at radius 3 is 2.21 bits per heavy atom. The number of carbonyl (C=O) groups excluding carboxylic acids is 4. The monoisotopic (exact) mass is 595 g/mol. The van der Waals surface area contributed by atoms with Gasteiger partial charge in [0, 0.05) is 13.0 Å². The quantitative estimate of drug-likeness (QED) is 0.104. The van der Waals surface area contributed by atoms with Crippen LogP contribution < -0.4 is 16.0 Å². The number of alkyl carbamates (subject to hydrolysis) is 1. The van der Waals surface area contributed by atoms with Gasteiger partial charge in [0.05, 0.1) is 32.3 Å². The molecule has 0 saturated heterocycles. The van der Waals surface area contributed by atoms with Crippen molar-refractivity contribution in [1.82, 2.24) is 16.0 Å². The molecule has 3 amide bonds. The summed E-state index contributed by atoms with van der Waals surface area (Å²) in [5.74, 6) is -2.17. The molecule has 2 rings (SSSR count). The molecule has 0 fully saturated rings. The van der Waals surface area contributed by atoms with Crippen molar-refractivity contribution < 1.29 is 38.5 Å². The molecule has 0 aliphatic rings. The second kappa shape index (κ2) is 20.4. The third-order valence-electron chi connectivity index (χ3n) is 6.14. The molecular weight excluding hydrogens is 554 g/mol. The Balaban J connectivity index is 2.01. The molecule has 0 aromatic heterocycles. The highest BCUT2D eigenvalue weighted by molar-refractivity contribution is 5.86. The van der Waals surface area contributed by atoms with Gasteiger partial charge < -0.3 is 35.3 Å². The van der Waals surface area contributed by atoms with E-state index < -0.39 is 36.0 Å². The van der Waals surface area contributed by atoms with Crippen LogP contribution in [0, 0.1) is 5.92 Å². The average molecular weight is 596 g/mol. The first-order valence-electron chi connectivity index (χ1n) is 14.0. The van der Waals surface area contributed by atoms with Gasteiger partial charge in [-0.2, -0.15) is 0 Å². The number of hydrogen-bond acceptors (Lipinski definition) is 8. The maximum atomic E-state index is 13.2. The molecule has 43 heavy (non-hydrogen) atoms. The van der Waals surface area contributed by atoms with Crippen LogP contribution in [0.25, 0.3) is 0 Å². The van der Waals surface area contributed by atoms with Gasteiger partial charge in [-0.25, -0.2) is 9.59 Å². The molecule has 2 aromatic rings. The molecule has 0 bridgehead atoms. The molecule has 0 unspecified atom stereocenters. The molecule has 0 aliphatic carbocycles. The number of hydrogen-bond donors (Lipinski definition) is 4. The number of nitrogens with one attached hydrogen (secondary N) is 3. The van der Waals surface area contributed by atoms with Crippen LogP contribution in [0.15, 0.2) is 86.0 Å². The molecule has 232 valence electrons. The minimum absolute atomic E-state index is 0.0303. The smallest absolute Gasteiger partial charge is 0.408 e. The molecule has 0 radical (unpaired) electrons. The Bertz CT molecular complexity index is 1160. The number of aliphatic hydroxyl groups excluding tert-OH is 1. The first kappa shape index (κ1) is 34.7. The summed E-state index contributed by atoms with van der Waals surface area (Å²) < 4.78 is 16.1. The van der Waals surface area contributed by atoms with Gasteiger partial charge in [0.15, 0.2) is 0 Å². The van der Waals surface area contributed by atoms with Crippen molar-refractivity contribution in [3.05, 3.63) is 97.1 Å². The fourth-order valence-corrected chi connectivity index (χ4v) is 3.95. The maximum absolute atomic E-state index is 13.2. The molecule has 11 nitrogen and oxygen atoms in total. The van der Waals surface area contributed by atoms with Crippen LogP contribution in [0.4, 0.5) is 4.79 Å². The van der Waals surface area contributed by atoms with Crippen LogP contribution in [-0.2, 0) is 35.2 Å². The van der Waals surface area contributed by atoms with Crippen molar-refractivity contribution >= 4 is 23.9 Å². The third kappa shape index (κ3) is 13.8. The molecule has 2 aromatic carbocycles. The number of aliphatic hydroxyl groups is 1. The predicted molar refractivity (Wildman–Crippen MR) is 160 cm³/mol. The van der Waals surface area contributed by atoms with E-state index in [2.05, 4.69) is 29.1 Å². The standard InChI is InChI=1S/C32H41N3O8/c1-3-11-26(21-29(37)33-17-19-41-20-18-36)30(38)34-22-28(25-15-9-6-10-16-25)43-31(39)27(12-4-2)35-32(40)42-23-24-13-7-5-8-14-24/h3-10,13-16,26-28,36H,1-2,11-12,17-23H2,(H,33,37)(H,34,38)(H,35,40)/t26-,27+,28+/m0/s1. The van der Waals surface area contributed by atoms with Crippen LogP contribution >= 0.6 is 0 Å². The Hall–Kier alpha value is -4.48. The van der Waals surface area contributed by atoms with Gasteiger partial charge >= 0.3 is 12.1 Å². The third-order valence-corrected chi connectivity index (χ3v) is 6.14. The van der Waals surface area contributed by atoms with Crippen molar-refractivity contribution in [2.24, 2.45) is 5.92 Å². The van der Waals surface area contributed by atoms with Crippen LogP contribution in [0.3, 0.4) is 0 Å². The van der Waals surface area contributed by atoms with Gasteiger partial charge in [0.25, 0.3) is 0 Å². The summed E-state index contributed by atoms with van der Waals surface area (Å²) >= 11 is 0. The summed E-state index contributed by atoms with van der Waals surface area (Å²) in [6.07, 6.45) is 1.63. The number of amides is 3. The van der Waals surface area contributed by atoms with Gasteiger partial charge in [0.2, 0.25) is 11.8 Å². The fourth-order valence-electron chi connectivity index (χ4n) is 3.95. The zero-order chi connectivity index (χ0) is 31.3. The van der Waals surface area contributed by atoms with Crippen LogP contribution in [-0.4, -0.2) is 67.9 Å². The van der Waals surface area contributed by atoms with E-state index in [1.54, 1.807) is 36.4 Å². The minimum Gasteiger partial charge on any atom is -0.454 e. The lowest BCUT2D eigenvalue weighted by Gasteiger charge is -2.24. The summed E-state index contributed by atoms with van der Waals surface area (Å²) in [6, 6.07) is 16.9. The molecular formula is C32H41N3O8. The second-order valence-electron chi connectivity index (χ2n) is 9.48. The number of carbonyl (C=O) groups is 4. The van der Waals surface area contributed by atoms with E-state index in [0.717, 1.165) is 5.56 Å². The molecule has 0 saturated carbocycles. The van der Waals surface area contributed by atoms with E-state index in [0.29, 0.717) is 5.56 Å². The highest BCUT2D eigenvalue weighted by atomic mass is 16.6. The lowest BCUT2D eigenvalue weighted by Crippen LogP contribution is -2.43. The van der Waals surface area contributed by atoms with Gasteiger partial charge in [-0.05, 0) is 24.0 Å². The molecule has 0 heterocycles. The van der Waals surface area contributed by atoms with E-state index in [4.69, 9.17) is 19.3 Å².